The molecule has 0 aromatic heterocycles. The normalized spacial score (nSPS) is 26.7. The predicted molar refractivity (Wildman–Crippen MR) is 104 cm³/mol. The quantitative estimate of drug-likeness (QED) is 0.769. The van der Waals surface area contributed by atoms with Gasteiger partial charge in [0.05, 0.1) is 24.3 Å². The Labute approximate surface area is 158 Å². The number of phosphoric ester groups is 1. The second-order valence-electron chi connectivity index (χ2n) is 7.17. The number of rotatable bonds is 5. The minimum atomic E-state index is -3.98. The second kappa shape index (κ2) is 7.26. The molecular weight excluding hydrogens is 363 g/mol. The predicted octanol–water partition coefficient (Wildman–Crippen LogP) is 4.36. The first-order valence-corrected chi connectivity index (χ1v) is 10.9. The molecule has 142 valence electrons. The van der Waals surface area contributed by atoms with E-state index in [1.165, 1.54) is 0 Å². The number of phosphoric acid groups is 1. The summed E-state index contributed by atoms with van der Waals surface area (Å²) < 4.78 is 22.3. The molecule has 2 heterocycles. The van der Waals surface area contributed by atoms with Gasteiger partial charge in [0, 0.05) is 28.5 Å². The van der Waals surface area contributed by atoms with Gasteiger partial charge in [-0.2, -0.15) is 5.26 Å². The van der Waals surface area contributed by atoms with Crippen molar-refractivity contribution in [1.29, 1.82) is 5.26 Å². The van der Waals surface area contributed by atoms with Crippen LogP contribution in [0.1, 0.15) is 38.2 Å². The first-order chi connectivity index (χ1) is 13.0. The zero-order chi connectivity index (χ0) is 19.0. The maximum atomic E-state index is 12.0. The van der Waals surface area contributed by atoms with Crippen LogP contribution in [0.2, 0.25) is 0 Å². The molecule has 4 rings (SSSR count). The van der Waals surface area contributed by atoms with E-state index in [9.17, 15) is 14.7 Å². The summed E-state index contributed by atoms with van der Waals surface area (Å²) in [5, 5.41) is 11.4. The van der Waals surface area contributed by atoms with Gasteiger partial charge in [0.25, 0.3) is 0 Å². The highest BCUT2D eigenvalue weighted by atomic mass is 31.2. The molecule has 27 heavy (non-hydrogen) atoms. The van der Waals surface area contributed by atoms with E-state index in [4.69, 9.17) is 9.05 Å². The fourth-order valence-electron chi connectivity index (χ4n) is 4.59. The van der Waals surface area contributed by atoms with Crippen molar-refractivity contribution in [3.63, 3.8) is 0 Å². The minimum Gasteiger partial charge on any atom is -0.365 e. The number of anilines is 1. The topological polar surface area (TPSA) is 82.8 Å². The van der Waals surface area contributed by atoms with Gasteiger partial charge in [-0.3, -0.25) is 9.05 Å². The monoisotopic (exact) mass is 386 g/mol. The molecule has 2 aromatic carbocycles. The highest BCUT2D eigenvalue weighted by Gasteiger charge is 2.43. The summed E-state index contributed by atoms with van der Waals surface area (Å²) in [7, 11) is -3.98. The lowest BCUT2D eigenvalue weighted by Gasteiger charge is -2.41. The van der Waals surface area contributed by atoms with Crippen molar-refractivity contribution in [2.75, 3.05) is 11.5 Å². The highest BCUT2D eigenvalue weighted by molar-refractivity contribution is 7.47. The van der Waals surface area contributed by atoms with Crippen LogP contribution in [-0.4, -0.2) is 29.7 Å². The molecule has 2 aliphatic rings. The van der Waals surface area contributed by atoms with Crippen LogP contribution in [0, 0.1) is 11.3 Å². The summed E-state index contributed by atoms with van der Waals surface area (Å²) in [5.41, 5.74) is 1.81. The lowest BCUT2D eigenvalue weighted by Crippen LogP contribution is -2.45. The molecule has 6 nitrogen and oxygen atoms in total. The maximum Gasteiger partial charge on any atom is 0.472 e. The van der Waals surface area contributed by atoms with Gasteiger partial charge < -0.3 is 9.79 Å². The average molecular weight is 386 g/mol. The van der Waals surface area contributed by atoms with E-state index in [1.807, 2.05) is 30.3 Å². The van der Waals surface area contributed by atoms with Crippen LogP contribution in [0.4, 0.5) is 5.69 Å². The molecule has 4 atom stereocenters. The Morgan fingerprint density at radius 2 is 1.85 bits per heavy atom. The molecule has 1 N–H and O–H groups in total. The summed E-state index contributed by atoms with van der Waals surface area (Å²) in [4.78, 5) is 12.2. The summed E-state index contributed by atoms with van der Waals surface area (Å²) >= 11 is 0. The van der Waals surface area contributed by atoms with Crippen molar-refractivity contribution >= 4 is 24.3 Å². The Balaban J connectivity index is 1.62. The Kier molecular flexibility index (Phi) is 4.96. The van der Waals surface area contributed by atoms with E-state index in [0.717, 1.165) is 29.3 Å². The molecule has 0 saturated carbocycles. The minimum absolute atomic E-state index is 0.150. The van der Waals surface area contributed by atoms with Crippen LogP contribution >= 0.6 is 7.82 Å². The Hall–Kier alpha value is -1.90. The van der Waals surface area contributed by atoms with Crippen molar-refractivity contribution in [2.45, 2.75) is 50.8 Å². The Morgan fingerprint density at radius 1 is 1.19 bits per heavy atom. The van der Waals surface area contributed by atoms with Crippen LogP contribution in [0.15, 0.2) is 36.4 Å². The summed E-state index contributed by atoms with van der Waals surface area (Å²) in [5.74, 6) is 0. The van der Waals surface area contributed by atoms with Crippen LogP contribution in [0.5, 0.6) is 0 Å². The largest absolute Gasteiger partial charge is 0.472 e. The number of fused-ring (bicyclic) bond motifs is 3. The van der Waals surface area contributed by atoms with E-state index < -0.39 is 7.82 Å². The third-order valence-electron chi connectivity index (χ3n) is 5.56. The second-order valence-corrected chi connectivity index (χ2v) is 8.57. The maximum absolute atomic E-state index is 12.0. The summed E-state index contributed by atoms with van der Waals surface area (Å²) in [6, 6.07) is 14.7. The van der Waals surface area contributed by atoms with Crippen molar-refractivity contribution in [3.8, 4) is 6.07 Å². The molecule has 2 fully saturated rings. The molecule has 7 heteroatoms. The molecule has 2 aliphatic heterocycles. The number of nitrogens with zero attached hydrogens (tertiary/aromatic N) is 2. The van der Waals surface area contributed by atoms with Crippen LogP contribution in [-0.2, 0) is 13.6 Å². The van der Waals surface area contributed by atoms with Gasteiger partial charge in [0.1, 0.15) is 0 Å². The first-order valence-electron chi connectivity index (χ1n) is 9.38. The van der Waals surface area contributed by atoms with Crippen molar-refractivity contribution in [2.24, 2.45) is 0 Å². The molecule has 2 saturated heterocycles. The smallest absolute Gasteiger partial charge is 0.365 e. The van der Waals surface area contributed by atoms with Crippen molar-refractivity contribution < 1.29 is 18.5 Å². The lowest BCUT2D eigenvalue weighted by molar-refractivity contribution is 0.0833. The van der Waals surface area contributed by atoms with Gasteiger partial charge in [-0.25, -0.2) is 4.57 Å². The van der Waals surface area contributed by atoms with E-state index in [2.05, 4.69) is 17.0 Å². The van der Waals surface area contributed by atoms with Gasteiger partial charge in [-0.15, -0.1) is 0 Å². The highest BCUT2D eigenvalue weighted by Crippen LogP contribution is 2.50. The third-order valence-corrected chi connectivity index (χ3v) is 6.71. The molecule has 0 aliphatic carbocycles. The van der Waals surface area contributed by atoms with Crippen LogP contribution in [0.3, 0.4) is 0 Å². The Bertz CT molecular complexity index is 927. The molecule has 0 amide bonds. The molecule has 2 unspecified atom stereocenters. The summed E-state index contributed by atoms with van der Waals surface area (Å²) in [6.07, 6.45) is 3.18. The molecule has 2 aromatic rings. The SMILES string of the molecule is CCOP(=O)(O)OC1C[C@H]2CC[C@@H](C1)N2c1ccc(C#N)c2ccccc12. The van der Waals surface area contributed by atoms with E-state index >= 15 is 0 Å². The van der Waals surface area contributed by atoms with Gasteiger partial charge in [-0.1, -0.05) is 24.3 Å². The van der Waals surface area contributed by atoms with Crippen molar-refractivity contribution in [3.05, 3.63) is 42.0 Å². The fourth-order valence-corrected chi connectivity index (χ4v) is 5.53. The number of benzene rings is 2. The number of piperidine rings is 1. The average Bonchev–Trinajstić information content (AvgIpc) is 2.90. The number of hydrogen-bond acceptors (Lipinski definition) is 5. The zero-order valence-electron chi connectivity index (χ0n) is 15.2. The molecule has 0 radical (unpaired) electrons. The van der Waals surface area contributed by atoms with E-state index in [0.29, 0.717) is 18.4 Å². The van der Waals surface area contributed by atoms with Gasteiger partial charge >= 0.3 is 7.82 Å². The van der Waals surface area contributed by atoms with Crippen LogP contribution < -0.4 is 4.90 Å². The van der Waals surface area contributed by atoms with Gasteiger partial charge in [0.15, 0.2) is 0 Å². The number of nitriles is 1. The third kappa shape index (κ3) is 3.49. The van der Waals surface area contributed by atoms with Crippen molar-refractivity contribution in [1.82, 2.24) is 0 Å². The van der Waals surface area contributed by atoms with E-state index in [1.54, 1.807) is 6.92 Å². The molecular formula is C20H23N2O4P. The zero-order valence-corrected chi connectivity index (χ0v) is 16.1. The number of hydrogen-bond donors (Lipinski definition) is 1. The fraction of sp³-hybridized carbons (Fsp3) is 0.450. The van der Waals surface area contributed by atoms with Gasteiger partial charge in [0.2, 0.25) is 0 Å². The molecule has 2 bridgehead atoms. The standard InChI is InChI=1S/C20H23N2O4P/c1-2-25-27(23,24)26-17-11-15-8-9-16(12-17)22(15)20-10-7-14(13-21)18-5-3-4-6-19(18)20/h3-7,10,15-17H,2,8-9,11-12H2,1H3,(H,23,24)/t15-,16+,17?. The lowest BCUT2D eigenvalue weighted by atomic mass is 9.96. The van der Waals surface area contributed by atoms with E-state index in [-0.39, 0.29) is 24.8 Å². The van der Waals surface area contributed by atoms with Crippen LogP contribution in [0.25, 0.3) is 10.8 Å². The Morgan fingerprint density at radius 3 is 2.48 bits per heavy atom. The molecule has 0 spiro atoms. The summed E-state index contributed by atoms with van der Waals surface area (Å²) in [6.45, 7) is 1.82. The van der Waals surface area contributed by atoms with Gasteiger partial charge in [-0.05, 0) is 44.7 Å². The first kappa shape index (κ1) is 18.5.